The van der Waals surface area contributed by atoms with Gasteiger partial charge in [-0.1, -0.05) is 47.7 Å². The predicted octanol–water partition coefficient (Wildman–Crippen LogP) is 3.43. The van der Waals surface area contributed by atoms with E-state index in [9.17, 15) is 9.59 Å². The van der Waals surface area contributed by atoms with Gasteiger partial charge in [0.1, 0.15) is 6.54 Å². The number of hydrogen-bond acceptors (Lipinski definition) is 4. The lowest BCUT2D eigenvalue weighted by Gasteiger charge is -2.20. The van der Waals surface area contributed by atoms with Crippen LogP contribution in [-0.4, -0.2) is 34.9 Å². The van der Waals surface area contributed by atoms with Gasteiger partial charge in [-0.05, 0) is 23.9 Å². The average molecular weight is 346 g/mol. The molecular weight excluding hydrogens is 328 g/mol. The molecule has 1 aliphatic rings. The molecule has 1 saturated heterocycles. The Bertz CT molecular complexity index is 683. The molecule has 2 heterocycles. The zero-order valence-electron chi connectivity index (χ0n) is 12.8. The summed E-state index contributed by atoms with van der Waals surface area (Å²) in [5.74, 6) is 0.637. The molecule has 2 aromatic rings. The molecule has 1 unspecified atom stereocenters. The van der Waals surface area contributed by atoms with E-state index in [4.69, 9.17) is 0 Å². The Morgan fingerprint density at radius 3 is 2.70 bits per heavy atom. The van der Waals surface area contributed by atoms with Crippen LogP contribution < -0.4 is 5.32 Å². The Kier molecular flexibility index (Phi) is 5.03. The van der Waals surface area contributed by atoms with Gasteiger partial charge in [0.15, 0.2) is 0 Å². The molecule has 1 fully saturated rings. The van der Waals surface area contributed by atoms with Crippen LogP contribution in [0.25, 0.3) is 0 Å². The van der Waals surface area contributed by atoms with Crippen LogP contribution in [0.4, 0.5) is 4.79 Å². The van der Waals surface area contributed by atoms with Gasteiger partial charge in [-0.2, -0.15) is 0 Å². The van der Waals surface area contributed by atoms with Crippen molar-refractivity contribution in [1.82, 2.24) is 10.2 Å². The molecule has 1 aliphatic heterocycles. The van der Waals surface area contributed by atoms with Gasteiger partial charge in [-0.3, -0.25) is 9.59 Å². The number of nitrogens with one attached hydrogen (secondary N) is 1. The van der Waals surface area contributed by atoms with Crippen molar-refractivity contribution in [3.8, 4) is 0 Å². The van der Waals surface area contributed by atoms with Crippen LogP contribution >= 0.6 is 23.1 Å². The topological polar surface area (TPSA) is 49.4 Å². The van der Waals surface area contributed by atoms with Gasteiger partial charge in [0.2, 0.25) is 5.91 Å². The minimum Gasteiger partial charge on any atom is -0.343 e. The third-order valence-electron chi connectivity index (χ3n) is 3.72. The quantitative estimate of drug-likeness (QED) is 0.902. The number of rotatable bonds is 5. The highest BCUT2D eigenvalue weighted by Gasteiger charge is 2.25. The van der Waals surface area contributed by atoms with Crippen molar-refractivity contribution >= 4 is 34.2 Å². The van der Waals surface area contributed by atoms with Crippen LogP contribution in [0.1, 0.15) is 22.0 Å². The van der Waals surface area contributed by atoms with Gasteiger partial charge in [0, 0.05) is 17.2 Å². The van der Waals surface area contributed by atoms with E-state index in [0.717, 1.165) is 16.2 Å². The van der Waals surface area contributed by atoms with Crippen molar-refractivity contribution in [3.05, 3.63) is 57.8 Å². The Balaban J connectivity index is 1.75. The maximum Gasteiger partial charge on any atom is 0.282 e. The third-order valence-corrected chi connectivity index (χ3v) is 5.55. The molecule has 1 atom stereocenters. The van der Waals surface area contributed by atoms with Crippen LogP contribution in [0.5, 0.6) is 0 Å². The standard InChI is InChI=1S/C17H18N2O2S2/c1-12-4-6-13(7-5-12)16(14-3-2-9-22-14)18-15(20)11-19-8-10-23-17(19)21/h2-7,9,16H,8,10-11H2,1H3,(H,18,20). The Labute approximate surface area is 143 Å². The van der Waals surface area contributed by atoms with Crippen LogP contribution in [-0.2, 0) is 4.79 Å². The summed E-state index contributed by atoms with van der Waals surface area (Å²) in [6.07, 6.45) is 0. The first-order valence-corrected chi connectivity index (χ1v) is 9.31. The smallest absolute Gasteiger partial charge is 0.282 e. The summed E-state index contributed by atoms with van der Waals surface area (Å²) in [7, 11) is 0. The molecule has 23 heavy (non-hydrogen) atoms. The van der Waals surface area contributed by atoms with Crippen molar-refractivity contribution in [1.29, 1.82) is 0 Å². The normalized spacial score (nSPS) is 15.7. The molecule has 4 nitrogen and oxygen atoms in total. The van der Waals surface area contributed by atoms with Gasteiger partial charge >= 0.3 is 0 Å². The number of aryl methyl sites for hydroxylation is 1. The highest BCUT2D eigenvalue weighted by atomic mass is 32.2. The van der Waals surface area contributed by atoms with Crippen LogP contribution in [0.2, 0.25) is 0 Å². The summed E-state index contributed by atoms with van der Waals surface area (Å²) in [5.41, 5.74) is 2.23. The first-order chi connectivity index (χ1) is 11.1. The van der Waals surface area contributed by atoms with Gasteiger partial charge in [-0.25, -0.2) is 0 Å². The SMILES string of the molecule is Cc1ccc(C(NC(=O)CN2CCSC2=O)c2cccs2)cc1. The summed E-state index contributed by atoms with van der Waals surface area (Å²) in [5, 5.41) is 5.06. The molecule has 2 amide bonds. The number of thiophene rings is 1. The first kappa shape index (κ1) is 16.1. The molecule has 1 aromatic carbocycles. The summed E-state index contributed by atoms with van der Waals surface area (Å²) in [6.45, 7) is 2.81. The van der Waals surface area contributed by atoms with Crippen molar-refractivity contribution in [2.75, 3.05) is 18.8 Å². The fourth-order valence-electron chi connectivity index (χ4n) is 2.48. The Morgan fingerprint density at radius 2 is 2.09 bits per heavy atom. The highest BCUT2D eigenvalue weighted by Crippen LogP contribution is 2.26. The molecule has 0 radical (unpaired) electrons. The maximum atomic E-state index is 12.4. The second-order valence-corrected chi connectivity index (χ2v) is 7.49. The predicted molar refractivity (Wildman–Crippen MR) is 94.9 cm³/mol. The Morgan fingerprint density at radius 1 is 1.30 bits per heavy atom. The molecule has 0 bridgehead atoms. The summed E-state index contributed by atoms with van der Waals surface area (Å²) in [4.78, 5) is 26.7. The maximum absolute atomic E-state index is 12.4. The van der Waals surface area contributed by atoms with E-state index >= 15 is 0 Å². The molecule has 1 N–H and O–H groups in total. The number of carbonyl (C=O) groups excluding carboxylic acids is 2. The molecule has 0 saturated carbocycles. The van der Waals surface area contributed by atoms with E-state index in [2.05, 4.69) is 5.32 Å². The first-order valence-electron chi connectivity index (χ1n) is 7.44. The average Bonchev–Trinajstić information content (AvgIpc) is 3.19. The minimum absolute atomic E-state index is 0.0110. The zero-order chi connectivity index (χ0) is 16.2. The summed E-state index contributed by atoms with van der Waals surface area (Å²) in [6, 6.07) is 12.0. The molecule has 120 valence electrons. The van der Waals surface area contributed by atoms with E-state index in [1.165, 1.54) is 17.3 Å². The fourth-order valence-corrected chi connectivity index (χ4v) is 4.11. The molecular formula is C17H18N2O2S2. The van der Waals surface area contributed by atoms with E-state index < -0.39 is 0 Å². The monoisotopic (exact) mass is 346 g/mol. The van der Waals surface area contributed by atoms with Crippen LogP contribution in [0.3, 0.4) is 0 Å². The summed E-state index contributed by atoms with van der Waals surface area (Å²) >= 11 is 2.89. The van der Waals surface area contributed by atoms with Gasteiger partial charge < -0.3 is 10.2 Å². The van der Waals surface area contributed by atoms with E-state index in [-0.39, 0.29) is 23.7 Å². The van der Waals surface area contributed by atoms with E-state index in [1.54, 1.807) is 16.2 Å². The van der Waals surface area contributed by atoms with Crippen LogP contribution in [0.15, 0.2) is 41.8 Å². The van der Waals surface area contributed by atoms with E-state index in [1.807, 2.05) is 48.7 Å². The lowest BCUT2D eigenvalue weighted by atomic mass is 10.0. The highest BCUT2D eigenvalue weighted by molar-refractivity contribution is 8.13. The van der Waals surface area contributed by atoms with Gasteiger partial charge in [-0.15, -0.1) is 11.3 Å². The number of amides is 2. The second kappa shape index (κ2) is 7.19. The van der Waals surface area contributed by atoms with E-state index in [0.29, 0.717) is 6.54 Å². The Hall–Kier alpha value is -1.79. The largest absolute Gasteiger partial charge is 0.343 e. The zero-order valence-corrected chi connectivity index (χ0v) is 14.5. The van der Waals surface area contributed by atoms with Gasteiger partial charge in [0.05, 0.1) is 6.04 Å². The summed E-state index contributed by atoms with van der Waals surface area (Å²) < 4.78 is 0. The van der Waals surface area contributed by atoms with Crippen molar-refractivity contribution in [3.63, 3.8) is 0 Å². The fraction of sp³-hybridized carbons (Fsp3) is 0.294. The van der Waals surface area contributed by atoms with Crippen LogP contribution in [0, 0.1) is 6.92 Å². The number of benzene rings is 1. The molecule has 1 aromatic heterocycles. The lowest BCUT2D eigenvalue weighted by molar-refractivity contribution is -0.122. The van der Waals surface area contributed by atoms with Crippen molar-refractivity contribution in [2.24, 2.45) is 0 Å². The third kappa shape index (κ3) is 3.95. The molecule has 0 aliphatic carbocycles. The minimum atomic E-state index is -0.173. The lowest BCUT2D eigenvalue weighted by Crippen LogP contribution is -2.39. The number of hydrogen-bond donors (Lipinski definition) is 1. The number of carbonyl (C=O) groups is 2. The molecule has 6 heteroatoms. The van der Waals surface area contributed by atoms with Crippen molar-refractivity contribution < 1.29 is 9.59 Å². The van der Waals surface area contributed by atoms with Crippen molar-refractivity contribution in [2.45, 2.75) is 13.0 Å². The molecule has 3 rings (SSSR count). The van der Waals surface area contributed by atoms with Gasteiger partial charge in [0.25, 0.3) is 5.24 Å². The second-order valence-electron chi connectivity index (χ2n) is 5.46. The number of thioether (sulfide) groups is 1. The number of nitrogens with zero attached hydrogens (tertiary/aromatic N) is 1. The molecule has 0 spiro atoms.